The minimum absolute atomic E-state index is 0.142. The van der Waals surface area contributed by atoms with E-state index in [4.69, 9.17) is 16.2 Å². The normalized spacial score (nSPS) is 11.6. The summed E-state index contributed by atoms with van der Waals surface area (Å²) in [6, 6.07) is -1.57. The Morgan fingerprint density at radius 1 is 1.41 bits per heavy atom. The minimum Gasteiger partial charge on any atom is -0.465 e. The fraction of sp³-hybridized carbons (Fsp3) is 0.667. The van der Waals surface area contributed by atoms with Crippen molar-refractivity contribution in [2.24, 2.45) is 11.5 Å². The van der Waals surface area contributed by atoms with Crippen molar-refractivity contribution in [3.8, 4) is 0 Å². The highest BCUT2D eigenvalue weighted by atomic mass is 32.2. The summed E-state index contributed by atoms with van der Waals surface area (Å²) in [6.07, 6.45) is 0.142. The molecule has 8 heteroatoms. The summed E-state index contributed by atoms with van der Waals surface area (Å²) in [5.41, 5.74) is 10.3. The molecule has 3 amide bonds. The predicted octanol–water partition coefficient (Wildman–Crippen LogP) is -0.805. The Bertz CT molecular complexity index is 285. The van der Waals surface area contributed by atoms with Gasteiger partial charge in [0, 0.05) is 17.9 Å². The molecule has 0 bridgehead atoms. The molecule has 0 fully saturated rings. The summed E-state index contributed by atoms with van der Waals surface area (Å²) >= 11 is 1.33. The zero-order chi connectivity index (χ0) is 13.3. The van der Waals surface area contributed by atoms with E-state index in [-0.39, 0.29) is 13.0 Å². The van der Waals surface area contributed by atoms with Crippen LogP contribution in [0, 0.1) is 0 Å². The van der Waals surface area contributed by atoms with Crippen LogP contribution in [0.25, 0.3) is 0 Å². The molecule has 0 aromatic heterocycles. The summed E-state index contributed by atoms with van der Waals surface area (Å²) in [5, 5.41) is 1.94. The third-order valence-electron chi connectivity index (χ3n) is 1.62. The quantitative estimate of drug-likeness (QED) is 0.408. The average Bonchev–Trinajstić information content (AvgIpc) is 2.23. The van der Waals surface area contributed by atoms with Crippen LogP contribution >= 0.6 is 11.8 Å². The lowest BCUT2D eigenvalue weighted by Crippen LogP contribution is -2.36. The maximum Gasteiger partial charge on any atom is 0.323 e. The molecule has 0 rings (SSSR count). The lowest BCUT2D eigenvalue weighted by atomic mass is 10.4. The Kier molecular flexibility index (Phi) is 8.16. The number of nitrogens with one attached hydrogen (secondary N) is 1. The summed E-state index contributed by atoms with van der Waals surface area (Å²) < 4.78 is 4.72. The predicted molar refractivity (Wildman–Crippen MR) is 64.3 cm³/mol. The van der Waals surface area contributed by atoms with Crippen LogP contribution in [-0.4, -0.2) is 42.1 Å². The second-order valence-corrected chi connectivity index (χ2v) is 4.25. The average molecular weight is 263 g/mol. The number of imide groups is 1. The number of primary amides is 1. The molecule has 0 aliphatic heterocycles. The van der Waals surface area contributed by atoms with Crippen LogP contribution in [0.1, 0.15) is 13.3 Å². The number of rotatable bonds is 7. The van der Waals surface area contributed by atoms with Gasteiger partial charge in [0.1, 0.15) is 6.04 Å². The largest absolute Gasteiger partial charge is 0.465 e. The van der Waals surface area contributed by atoms with Crippen LogP contribution < -0.4 is 16.8 Å². The SMILES string of the molecule is CCOC(=O)C(N)CSCCC(=O)NC(N)=O. The van der Waals surface area contributed by atoms with Crippen LogP contribution in [-0.2, 0) is 14.3 Å². The number of carbonyl (C=O) groups is 3. The highest BCUT2D eigenvalue weighted by Crippen LogP contribution is 2.04. The van der Waals surface area contributed by atoms with Gasteiger partial charge >= 0.3 is 12.0 Å². The minimum atomic E-state index is -0.872. The molecule has 0 aromatic carbocycles. The first-order valence-corrected chi connectivity index (χ1v) is 6.22. The van der Waals surface area contributed by atoms with E-state index in [1.54, 1.807) is 6.92 Å². The molecular formula is C9H17N3O4S. The highest BCUT2D eigenvalue weighted by Gasteiger charge is 2.14. The fourth-order valence-corrected chi connectivity index (χ4v) is 1.78. The molecule has 1 atom stereocenters. The maximum absolute atomic E-state index is 11.1. The van der Waals surface area contributed by atoms with Gasteiger partial charge in [0.2, 0.25) is 5.91 Å². The van der Waals surface area contributed by atoms with Gasteiger partial charge in [0.05, 0.1) is 6.61 Å². The van der Waals surface area contributed by atoms with Crippen molar-refractivity contribution in [1.82, 2.24) is 5.32 Å². The van der Waals surface area contributed by atoms with Crippen molar-refractivity contribution in [3.05, 3.63) is 0 Å². The lowest BCUT2D eigenvalue weighted by molar-refractivity contribution is -0.144. The van der Waals surface area contributed by atoms with Gasteiger partial charge in [-0.25, -0.2) is 4.79 Å². The topological polar surface area (TPSA) is 125 Å². The molecule has 0 heterocycles. The smallest absolute Gasteiger partial charge is 0.323 e. The number of hydrogen-bond donors (Lipinski definition) is 3. The zero-order valence-corrected chi connectivity index (χ0v) is 10.4. The molecule has 17 heavy (non-hydrogen) atoms. The molecule has 0 spiro atoms. The Hall–Kier alpha value is -1.28. The van der Waals surface area contributed by atoms with Crippen molar-refractivity contribution in [3.63, 3.8) is 0 Å². The molecule has 1 unspecified atom stereocenters. The monoisotopic (exact) mass is 263 g/mol. The first-order valence-electron chi connectivity index (χ1n) is 5.06. The van der Waals surface area contributed by atoms with E-state index < -0.39 is 23.9 Å². The van der Waals surface area contributed by atoms with Crippen LogP contribution in [0.4, 0.5) is 4.79 Å². The molecule has 5 N–H and O–H groups in total. The summed E-state index contributed by atoms with van der Waals surface area (Å²) in [7, 11) is 0. The van der Waals surface area contributed by atoms with E-state index >= 15 is 0 Å². The number of ether oxygens (including phenoxy) is 1. The third-order valence-corrected chi connectivity index (χ3v) is 2.71. The van der Waals surface area contributed by atoms with E-state index in [1.807, 2.05) is 5.32 Å². The first-order chi connectivity index (χ1) is 7.97. The van der Waals surface area contributed by atoms with Crippen molar-refractivity contribution >= 4 is 29.7 Å². The van der Waals surface area contributed by atoms with Crippen LogP contribution in [0.3, 0.4) is 0 Å². The number of thioether (sulfide) groups is 1. The van der Waals surface area contributed by atoms with Gasteiger partial charge in [-0.2, -0.15) is 11.8 Å². The van der Waals surface area contributed by atoms with E-state index in [1.165, 1.54) is 11.8 Å². The van der Waals surface area contributed by atoms with Gasteiger partial charge in [-0.3, -0.25) is 14.9 Å². The Balaban J connectivity index is 3.60. The molecule has 0 saturated heterocycles. The number of esters is 1. The molecule has 0 radical (unpaired) electrons. The van der Waals surface area contributed by atoms with Crippen LogP contribution in [0.15, 0.2) is 0 Å². The second-order valence-electron chi connectivity index (χ2n) is 3.10. The zero-order valence-electron chi connectivity index (χ0n) is 9.60. The number of carbonyl (C=O) groups excluding carboxylic acids is 3. The Labute approximate surface area is 104 Å². The van der Waals surface area contributed by atoms with Gasteiger partial charge in [0.15, 0.2) is 0 Å². The van der Waals surface area contributed by atoms with Crippen molar-refractivity contribution in [1.29, 1.82) is 0 Å². The second kappa shape index (κ2) is 8.82. The number of hydrogen-bond acceptors (Lipinski definition) is 6. The Morgan fingerprint density at radius 2 is 2.06 bits per heavy atom. The van der Waals surface area contributed by atoms with E-state index in [2.05, 4.69) is 0 Å². The molecule has 0 aliphatic rings. The molecule has 0 aromatic rings. The van der Waals surface area contributed by atoms with Gasteiger partial charge in [0.25, 0.3) is 0 Å². The number of amides is 3. The van der Waals surface area contributed by atoms with Gasteiger partial charge in [-0.05, 0) is 6.92 Å². The first kappa shape index (κ1) is 15.7. The van der Waals surface area contributed by atoms with Gasteiger partial charge in [-0.1, -0.05) is 0 Å². The van der Waals surface area contributed by atoms with E-state index in [9.17, 15) is 14.4 Å². The van der Waals surface area contributed by atoms with Crippen LogP contribution in [0.2, 0.25) is 0 Å². The maximum atomic E-state index is 11.1. The fourth-order valence-electron chi connectivity index (χ4n) is 0.892. The molecule has 7 nitrogen and oxygen atoms in total. The Morgan fingerprint density at radius 3 is 2.59 bits per heavy atom. The summed E-state index contributed by atoms with van der Waals surface area (Å²) in [4.78, 5) is 32.4. The van der Waals surface area contributed by atoms with Crippen molar-refractivity contribution < 1.29 is 19.1 Å². The summed E-state index contributed by atoms with van der Waals surface area (Å²) in [6.45, 7) is 1.99. The lowest BCUT2D eigenvalue weighted by Gasteiger charge is -2.09. The molecule has 0 saturated carbocycles. The number of nitrogens with two attached hydrogens (primary N) is 2. The molecule has 98 valence electrons. The van der Waals surface area contributed by atoms with Gasteiger partial charge in [-0.15, -0.1) is 0 Å². The van der Waals surface area contributed by atoms with Gasteiger partial charge < -0.3 is 16.2 Å². The van der Waals surface area contributed by atoms with E-state index in [0.29, 0.717) is 11.5 Å². The van der Waals surface area contributed by atoms with Crippen LogP contribution in [0.5, 0.6) is 0 Å². The van der Waals surface area contributed by atoms with Crippen molar-refractivity contribution in [2.45, 2.75) is 19.4 Å². The molecular weight excluding hydrogens is 246 g/mol. The van der Waals surface area contributed by atoms with Crippen molar-refractivity contribution in [2.75, 3.05) is 18.1 Å². The third kappa shape index (κ3) is 8.52. The highest BCUT2D eigenvalue weighted by molar-refractivity contribution is 7.99. The summed E-state index contributed by atoms with van der Waals surface area (Å²) in [5.74, 6) is -0.0918. The number of urea groups is 1. The molecule has 0 aliphatic carbocycles. The standard InChI is InChI=1S/C9H17N3O4S/c1-2-16-8(14)6(10)5-17-4-3-7(13)12-9(11)15/h6H,2-5,10H2,1H3,(H3,11,12,13,15). The van der Waals surface area contributed by atoms with E-state index in [0.717, 1.165) is 0 Å².